The van der Waals surface area contributed by atoms with Gasteiger partial charge >= 0.3 is 0 Å². The van der Waals surface area contributed by atoms with Crippen LogP contribution in [0.25, 0.3) is 0 Å². The van der Waals surface area contributed by atoms with E-state index in [0.717, 1.165) is 21.3 Å². The summed E-state index contributed by atoms with van der Waals surface area (Å²) in [5.74, 6) is -0.262. The molecule has 2 nitrogen and oxygen atoms in total. The van der Waals surface area contributed by atoms with Gasteiger partial charge in [0.05, 0.1) is 11.2 Å². The summed E-state index contributed by atoms with van der Waals surface area (Å²) < 4.78 is 14.8. The molecule has 0 saturated carbocycles. The zero-order valence-electron chi connectivity index (χ0n) is 10.3. The number of carbonyl (C=O) groups is 1. The number of alkyl halides is 1. The minimum absolute atomic E-state index is 0.00286. The molecular weight excluding hydrogens is 389 g/mol. The maximum atomic E-state index is 13.9. The smallest absolute Gasteiger partial charge is 0.228 e. The van der Waals surface area contributed by atoms with Gasteiger partial charge < -0.3 is 5.32 Å². The molecule has 0 aromatic heterocycles. The lowest BCUT2D eigenvalue weighted by atomic mass is 10.0. The van der Waals surface area contributed by atoms with Gasteiger partial charge in [-0.3, -0.25) is 4.79 Å². The maximum absolute atomic E-state index is 13.9. The van der Waals surface area contributed by atoms with Crippen LogP contribution in [0.5, 0.6) is 0 Å². The second-order valence-electron chi connectivity index (χ2n) is 4.67. The van der Waals surface area contributed by atoms with Crippen molar-refractivity contribution in [2.24, 2.45) is 0 Å². The molecule has 0 saturated heterocycles. The van der Waals surface area contributed by atoms with Crippen molar-refractivity contribution >= 4 is 43.5 Å². The van der Waals surface area contributed by atoms with Crippen LogP contribution in [-0.4, -0.2) is 5.91 Å². The Balaban J connectivity index is 1.99. The molecule has 1 unspecified atom stereocenters. The van der Waals surface area contributed by atoms with E-state index in [2.05, 4.69) is 37.2 Å². The van der Waals surface area contributed by atoms with E-state index >= 15 is 0 Å². The number of fused-ring (bicyclic) bond motifs is 1. The quantitative estimate of drug-likeness (QED) is 0.737. The van der Waals surface area contributed by atoms with Crippen LogP contribution in [0.1, 0.15) is 21.5 Å². The van der Waals surface area contributed by atoms with E-state index in [4.69, 9.17) is 0 Å². The minimum Gasteiger partial charge on any atom is -0.326 e. The standard InChI is InChI=1S/C15H10Br2FNO/c16-10-2-3-12(18)11(7-10)15(17)8-1-4-13-9(5-8)6-14(20)19-13/h1-5,7,15H,6H2,(H,19,20). The molecule has 0 radical (unpaired) electrons. The molecule has 0 bridgehead atoms. The van der Waals surface area contributed by atoms with E-state index in [-0.39, 0.29) is 16.6 Å². The van der Waals surface area contributed by atoms with Crippen LogP contribution in [0.3, 0.4) is 0 Å². The van der Waals surface area contributed by atoms with Crippen molar-refractivity contribution in [2.45, 2.75) is 11.2 Å². The monoisotopic (exact) mass is 397 g/mol. The van der Waals surface area contributed by atoms with Crippen LogP contribution in [0.4, 0.5) is 10.1 Å². The molecule has 0 aliphatic carbocycles. The Hall–Kier alpha value is -1.20. The van der Waals surface area contributed by atoms with E-state index in [1.54, 1.807) is 12.1 Å². The minimum atomic E-state index is -0.259. The third-order valence-corrected chi connectivity index (χ3v) is 4.79. The van der Waals surface area contributed by atoms with Gasteiger partial charge in [0.2, 0.25) is 5.91 Å². The largest absolute Gasteiger partial charge is 0.326 e. The number of nitrogens with one attached hydrogen (secondary N) is 1. The van der Waals surface area contributed by atoms with Crippen LogP contribution in [0.2, 0.25) is 0 Å². The highest BCUT2D eigenvalue weighted by Gasteiger charge is 2.21. The first-order chi connectivity index (χ1) is 9.54. The van der Waals surface area contributed by atoms with Gasteiger partial charge in [-0.15, -0.1) is 0 Å². The average Bonchev–Trinajstić information content (AvgIpc) is 2.79. The van der Waals surface area contributed by atoms with Crippen LogP contribution in [0, 0.1) is 5.82 Å². The molecule has 1 heterocycles. The van der Waals surface area contributed by atoms with Crippen LogP contribution in [-0.2, 0) is 11.2 Å². The summed E-state index contributed by atoms with van der Waals surface area (Å²) in [5, 5.41) is 2.79. The Bertz CT molecular complexity index is 702. The Morgan fingerprint density at radius 3 is 2.80 bits per heavy atom. The second-order valence-corrected chi connectivity index (χ2v) is 6.50. The highest BCUT2D eigenvalue weighted by molar-refractivity contribution is 9.10. The predicted molar refractivity (Wildman–Crippen MR) is 83.6 cm³/mol. The third kappa shape index (κ3) is 2.52. The number of benzene rings is 2. The average molecular weight is 399 g/mol. The molecule has 20 heavy (non-hydrogen) atoms. The number of halogens is 3. The molecule has 1 aliphatic rings. The molecule has 1 aliphatic heterocycles. The molecule has 102 valence electrons. The molecule has 2 aromatic rings. The van der Waals surface area contributed by atoms with Gasteiger partial charge in [-0.25, -0.2) is 4.39 Å². The third-order valence-electron chi connectivity index (χ3n) is 3.28. The lowest BCUT2D eigenvalue weighted by Gasteiger charge is -2.13. The van der Waals surface area contributed by atoms with Crippen LogP contribution in [0.15, 0.2) is 40.9 Å². The van der Waals surface area contributed by atoms with Gasteiger partial charge in [0.1, 0.15) is 5.82 Å². The van der Waals surface area contributed by atoms with Crippen LogP contribution < -0.4 is 5.32 Å². The Kier molecular flexibility index (Phi) is 3.65. The Morgan fingerprint density at radius 2 is 2.00 bits per heavy atom. The summed E-state index contributed by atoms with van der Waals surface area (Å²) in [5.41, 5.74) is 3.29. The number of hydrogen-bond donors (Lipinski definition) is 1. The zero-order chi connectivity index (χ0) is 14.3. The first-order valence-corrected chi connectivity index (χ1v) is 7.77. The van der Waals surface area contributed by atoms with Gasteiger partial charge in [-0.2, -0.15) is 0 Å². The normalized spacial score (nSPS) is 14.8. The summed E-state index contributed by atoms with van der Waals surface area (Å²) in [7, 11) is 0. The van der Waals surface area contributed by atoms with Gasteiger partial charge in [0.25, 0.3) is 0 Å². The van der Waals surface area contributed by atoms with Crippen molar-refractivity contribution in [3.63, 3.8) is 0 Å². The second kappa shape index (κ2) is 5.30. The first-order valence-electron chi connectivity index (χ1n) is 6.06. The summed E-state index contributed by atoms with van der Waals surface area (Å²) in [6, 6.07) is 10.6. The molecule has 0 spiro atoms. The molecule has 1 N–H and O–H groups in total. The fourth-order valence-corrected chi connectivity index (χ4v) is 3.31. The molecular formula is C15H10Br2FNO. The SMILES string of the molecule is O=C1Cc2cc(C(Br)c3cc(Br)ccc3F)ccc2N1. The Morgan fingerprint density at radius 1 is 1.20 bits per heavy atom. The molecule has 1 atom stereocenters. The van der Waals surface area contributed by atoms with Crippen molar-refractivity contribution in [3.05, 3.63) is 63.4 Å². The number of hydrogen-bond acceptors (Lipinski definition) is 1. The van der Waals surface area contributed by atoms with Crippen LogP contribution >= 0.6 is 31.9 Å². The number of carbonyl (C=O) groups excluding carboxylic acids is 1. The van der Waals surface area contributed by atoms with Gasteiger partial charge in [-0.05, 0) is 35.4 Å². The first kappa shape index (κ1) is 13.8. The number of amides is 1. The summed E-state index contributed by atoms with van der Waals surface area (Å²) >= 11 is 6.89. The van der Waals surface area contributed by atoms with E-state index in [1.165, 1.54) is 6.07 Å². The number of rotatable bonds is 2. The molecule has 1 amide bonds. The van der Waals surface area contributed by atoms with Crippen molar-refractivity contribution < 1.29 is 9.18 Å². The summed E-state index contributed by atoms with van der Waals surface area (Å²) in [4.78, 5) is 11.1. The van der Waals surface area contributed by atoms with Crippen molar-refractivity contribution in [3.8, 4) is 0 Å². The van der Waals surface area contributed by atoms with E-state index < -0.39 is 0 Å². The molecule has 5 heteroatoms. The lowest BCUT2D eigenvalue weighted by molar-refractivity contribution is -0.115. The van der Waals surface area contributed by atoms with E-state index in [1.807, 2.05) is 18.2 Å². The molecule has 0 fully saturated rings. The fraction of sp³-hybridized carbons (Fsp3) is 0.133. The highest BCUT2D eigenvalue weighted by atomic mass is 79.9. The highest BCUT2D eigenvalue weighted by Crippen LogP contribution is 2.36. The zero-order valence-corrected chi connectivity index (χ0v) is 13.5. The lowest BCUT2D eigenvalue weighted by Crippen LogP contribution is -2.03. The fourth-order valence-electron chi connectivity index (χ4n) is 2.30. The van der Waals surface area contributed by atoms with Gasteiger partial charge in [0.15, 0.2) is 0 Å². The maximum Gasteiger partial charge on any atom is 0.228 e. The summed E-state index contributed by atoms with van der Waals surface area (Å²) in [6.45, 7) is 0. The Labute approximate surface area is 132 Å². The summed E-state index contributed by atoms with van der Waals surface area (Å²) in [6.07, 6.45) is 0.379. The predicted octanol–water partition coefficient (Wildman–Crippen LogP) is 4.57. The van der Waals surface area contributed by atoms with Crippen molar-refractivity contribution in [2.75, 3.05) is 5.32 Å². The van der Waals surface area contributed by atoms with Crippen molar-refractivity contribution in [1.82, 2.24) is 0 Å². The topological polar surface area (TPSA) is 29.1 Å². The van der Waals surface area contributed by atoms with Crippen molar-refractivity contribution in [1.29, 1.82) is 0 Å². The van der Waals surface area contributed by atoms with E-state index in [0.29, 0.717) is 12.0 Å². The van der Waals surface area contributed by atoms with Gasteiger partial charge in [0, 0.05) is 15.7 Å². The molecule has 2 aromatic carbocycles. The van der Waals surface area contributed by atoms with E-state index in [9.17, 15) is 9.18 Å². The van der Waals surface area contributed by atoms with Gasteiger partial charge in [-0.1, -0.05) is 44.0 Å². The molecule has 3 rings (SSSR count). The number of anilines is 1.